The summed E-state index contributed by atoms with van der Waals surface area (Å²) in [6, 6.07) is 5.72. The molecular weight excluding hydrogens is 260 g/mol. The van der Waals surface area contributed by atoms with Crippen molar-refractivity contribution in [3.05, 3.63) is 23.8 Å². The molecule has 0 aliphatic carbocycles. The number of thioether (sulfide) groups is 1. The Morgan fingerprint density at radius 1 is 1.53 bits per heavy atom. The van der Waals surface area contributed by atoms with E-state index in [-0.39, 0.29) is 5.97 Å². The molecule has 106 valence electrons. The average Bonchev–Trinajstić information content (AvgIpc) is 2.39. The number of hydrogen-bond donors (Lipinski definition) is 2. The van der Waals surface area contributed by atoms with Gasteiger partial charge in [-0.2, -0.15) is 11.8 Å². The second kappa shape index (κ2) is 7.94. The maximum absolute atomic E-state index is 11.7. The third-order valence-corrected chi connectivity index (χ3v) is 3.36. The number of nitrogen functional groups attached to an aromatic ring is 1. The minimum Gasteiger partial charge on any atom is -0.462 e. The quantitative estimate of drug-likeness (QED) is 0.594. The van der Waals surface area contributed by atoms with Crippen molar-refractivity contribution in [3.63, 3.8) is 0 Å². The molecule has 1 aromatic carbocycles. The van der Waals surface area contributed by atoms with Crippen molar-refractivity contribution in [3.8, 4) is 0 Å². The summed E-state index contributed by atoms with van der Waals surface area (Å²) >= 11 is 1.82. The lowest BCUT2D eigenvalue weighted by Gasteiger charge is -2.16. The fourth-order valence-corrected chi connectivity index (χ4v) is 2.27. The minimum atomic E-state index is -0.375. The summed E-state index contributed by atoms with van der Waals surface area (Å²) < 4.78 is 4.98. The molecule has 1 aromatic rings. The Labute approximate surface area is 119 Å². The molecule has 0 aliphatic rings. The maximum atomic E-state index is 11.7. The van der Waals surface area contributed by atoms with Gasteiger partial charge in [0.15, 0.2) is 0 Å². The lowest BCUT2D eigenvalue weighted by Crippen LogP contribution is -2.17. The standard InChI is InChI=1S/C14H22N2O2S/c1-4-18-14(17)12-9-11(5-6-13(12)15)16-10(2)7-8-19-3/h5-6,9-10,16H,4,7-8,15H2,1-3H3. The number of carbonyl (C=O) groups excluding carboxylic acids is 1. The summed E-state index contributed by atoms with van der Waals surface area (Å²) in [6.45, 7) is 4.25. The van der Waals surface area contributed by atoms with E-state index < -0.39 is 0 Å². The molecule has 0 heterocycles. The van der Waals surface area contributed by atoms with Gasteiger partial charge in [-0.15, -0.1) is 0 Å². The first-order valence-electron chi connectivity index (χ1n) is 6.40. The monoisotopic (exact) mass is 282 g/mol. The molecule has 0 aliphatic heterocycles. The second-order valence-electron chi connectivity index (χ2n) is 4.35. The van der Waals surface area contributed by atoms with Crippen LogP contribution in [0.25, 0.3) is 0 Å². The minimum absolute atomic E-state index is 0.347. The smallest absolute Gasteiger partial charge is 0.340 e. The molecule has 5 heteroatoms. The van der Waals surface area contributed by atoms with E-state index in [0.29, 0.717) is 23.9 Å². The van der Waals surface area contributed by atoms with E-state index in [1.165, 1.54) is 0 Å². The van der Waals surface area contributed by atoms with Crippen LogP contribution in [0.1, 0.15) is 30.6 Å². The Hall–Kier alpha value is -1.36. The van der Waals surface area contributed by atoms with Gasteiger partial charge in [-0.05, 0) is 50.5 Å². The Balaban J connectivity index is 2.75. The van der Waals surface area contributed by atoms with Gasteiger partial charge in [0.2, 0.25) is 0 Å². The molecule has 0 aromatic heterocycles. The van der Waals surface area contributed by atoms with Crippen molar-refractivity contribution < 1.29 is 9.53 Å². The zero-order valence-corrected chi connectivity index (χ0v) is 12.5. The molecule has 3 N–H and O–H groups in total. The van der Waals surface area contributed by atoms with E-state index in [2.05, 4.69) is 18.5 Å². The molecule has 1 atom stereocenters. The van der Waals surface area contributed by atoms with Crippen LogP contribution in [0, 0.1) is 0 Å². The topological polar surface area (TPSA) is 64.3 Å². The Morgan fingerprint density at radius 3 is 2.89 bits per heavy atom. The first-order chi connectivity index (χ1) is 9.08. The van der Waals surface area contributed by atoms with Crippen LogP contribution >= 0.6 is 11.8 Å². The van der Waals surface area contributed by atoms with Crippen LogP contribution in [-0.2, 0) is 4.74 Å². The number of hydrogen-bond acceptors (Lipinski definition) is 5. The van der Waals surface area contributed by atoms with Gasteiger partial charge in [0.25, 0.3) is 0 Å². The number of rotatable bonds is 7. The van der Waals surface area contributed by atoms with Crippen molar-refractivity contribution >= 4 is 29.1 Å². The second-order valence-corrected chi connectivity index (χ2v) is 5.33. The van der Waals surface area contributed by atoms with Crippen LogP contribution in [0.2, 0.25) is 0 Å². The fourth-order valence-electron chi connectivity index (χ4n) is 1.68. The van der Waals surface area contributed by atoms with Gasteiger partial charge in [-0.25, -0.2) is 4.79 Å². The van der Waals surface area contributed by atoms with Gasteiger partial charge in [0.1, 0.15) is 0 Å². The molecule has 0 fully saturated rings. The van der Waals surface area contributed by atoms with Crippen LogP contribution < -0.4 is 11.1 Å². The Bertz CT molecular complexity index is 424. The molecule has 0 spiro atoms. The van der Waals surface area contributed by atoms with E-state index in [1.54, 1.807) is 19.1 Å². The summed E-state index contributed by atoms with van der Waals surface area (Å²) in [6.07, 6.45) is 3.16. The number of nitrogens with two attached hydrogens (primary N) is 1. The summed E-state index contributed by atoms with van der Waals surface area (Å²) in [7, 11) is 0. The molecule has 19 heavy (non-hydrogen) atoms. The predicted molar refractivity (Wildman–Crippen MR) is 82.9 cm³/mol. The third kappa shape index (κ3) is 5.03. The molecule has 4 nitrogen and oxygen atoms in total. The van der Waals surface area contributed by atoms with Crippen LogP contribution in [0.3, 0.4) is 0 Å². The molecule has 0 amide bonds. The van der Waals surface area contributed by atoms with Crippen LogP contribution in [0.4, 0.5) is 11.4 Å². The van der Waals surface area contributed by atoms with Crippen molar-refractivity contribution in [2.45, 2.75) is 26.3 Å². The summed E-state index contributed by atoms with van der Waals surface area (Å²) in [5.74, 6) is 0.730. The number of esters is 1. The van der Waals surface area contributed by atoms with E-state index >= 15 is 0 Å². The highest BCUT2D eigenvalue weighted by molar-refractivity contribution is 7.98. The normalized spacial score (nSPS) is 11.9. The number of benzene rings is 1. The third-order valence-electron chi connectivity index (χ3n) is 2.72. The predicted octanol–water partition coefficient (Wildman–Crippen LogP) is 3.00. The molecule has 0 saturated carbocycles. The highest BCUT2D eigenvalue weighted by atomic mass is 32.2. The molecule has 1 rings (SSSR count). The fraction of sp³-hybridized carbons (Fsp3) is 0.500. The number of ether oxygens (including phenoxy) is 1. The van der Waals surface area contributed by atoms with Crippen LogP contribution in [-0.4, -0.2) is 30.6 Å². The zero-order valence-electron chi connectivity index (χ0n) is 11.7. The number of nitrogens with one attached hydrogen (secondary N) is 1. The van der Waals surface area contributed by atoms with Gasteiger partial charge in [-0.3, -0.25) is 0 Å². The number of anilines is 2. The molecule has 0 saturated heterocycles. The van der Waals surface area contributed by atoms with Gasteiger partial charge >= 0.3 is 5.97 Å². The van der Waals surface area contributed by atoms with Gasteiger partial charge in [0, 0.05) is 17.4 Å². The Kier molecular flexibility index (Phi) is 6.56. The van der Waals surface area contributed by atoms with E-state index in [1.807, 2.05) is 17.8 Å². The molecule has 0 radical (unpaired) electrons. The molecular formula is C14H22N2O2S. The first kappa shape index (κ1) is 15.7. The highest BCUT2D eigenvalue weighted by Gasteiger charge is 2.12. The zero-order chi connectivity index (χ0) is 14.3. The van der Waals surface area contributed by atoms with E-state index in [4.69, 9.17) is 10.5 Å². The molecule has 0 bridgehead atoms. The SMILES string of the molecule is CCOC(=O)c1cc(NC(C)CCSC)ccc1N. The van der Waals surface area contributed by atoms with Gasteiger partial charge in [0.05, 0.1) is 12.2 Å². The van der Waals surface area contributed by atoms with Crippen molar-refractivity contribution in [1.29, 1.82) is 0 Å². The van der Waals surface area contributed by atoms with Gasteiger partial charge < -0.3 is 15.8 Å². The lowest BCUT2D eigenvalue weighted by molar-refractivity contribution is 0.0527. The highest BCUT2D eigenvalue weighted by Crippen LogP contribution is 2.20. The van der Waals surface area contributed by atoms with Crippen LogP contribution in [0.15, 0.2) is 18.2 Å². The first-order valence-corrected chi connectivity index (χ1v) is 7.80. The largest absolute Gasteiger partial charge is 0.462 e. The summed E-state index contributed by atoms with van der Waals surface area (Å²) in [5.41, 5.74) is 7.56. The van der Waals surface area contributed by atoms with E-state index in [0.717, 1.165) is 17.9 Å². The van der Waals surface area contributed by atoms with Crippen molar-refractivity contribution in [1.82, 2.24) is 0 Å². The van der Waals surface area contributed by atoms with Crippen molar-refractivity contribution in [2.75, 3.05) is 29.7 Å². The Morgan fingerprint density at radius 2 is 2.26 bits per heavy atom. The maximum Gasteiger partial charge on any atom is 0.340 e. The average molecular weight is 282 g/mol. The lowest BCUT2D eigenvalue weighted by atomic mass is 10.1. The van der Waals surface area contributed by atoms with Crippen LogP contribution in [0.5, 0.6) is 0 Å². The summed E-state index contributed by atoms with van der Waals surface area (Å²) in [5, 5.41) is 3.36. The number of carbonyl (C=O) groups is 1. The molecule has 1 unspecified atom stereocenters. The van der Waals surface area contributed by atoms with E-state index in [9.17, 15) is 4.79 Å². The summed E-state index contributed by atoms with van der Waals surface area (Å²) in [4.78, 5) is 11.7. The van der Waals surface area contributed by atoms with Gasteiger partial charge in [-0.1, -0.05) is 0 Å². The van der Waals surface area contributed by atoms with Crippen molar-refractivity contribution in [2.24, 2.45) is 0 Å².